The monoisotopic (exact) mass is 386 g/mol. The SMILES string of the molecule is Fc1ccc(CN2CCN(Cc3ccc(Cl)cc3)C2c2cccs2)cc1. The lowest BCUT2D eigenvalue weighted by Gasteiger charge is -2.29. The van der Waals surface area contributed by atoms with Crippen LogP contribution in [0, 0.1) is 5.82 Å². The van der Waals surface area contributed by atoms with Crippen LogP contribution in [-0.2, 0) is 13.1 Å². The van der Waals surface area contributed by atoms with Gasteiger partial charge in [-0.05, 0) is 46.8 Å². The Morgan fingerprint density at radius 3 is 2.00 bits per heavy atom. The van der Waals surface area contributed by atoms with Gasteiger partial charge in [0, 0.05) is 36.1 Å². The molecule has 26 heavy (non-hydrogen) atoms. The molecule has 4 rings (SSSR count). The molecule has 1 unspecified atom stereocenters. The second-order valence-electron chi connectivity index (χ2n) is 6.58. The Morgan fingerprint density at radius 1 is 0.885 bits per heavy atom. The average molecular weight is 387 g/mol. The van der Waals surface area contributed by atoms with Crippen molar-refractivity contribution < 1.29 is 4.39 Å². The molecule has 2 nitrogen and oxygen atoms in total. The number of halogens is 2. The molecule has 0 N–H and O–H groups in total. The summed E-state index contributed by atoms with van der Waals surface area (Å²) in [4.78, 5) is 6.31. The van der Waals surface area contributed by atoms with Crippen molar-refractivity contribution in [2.75, 3.05) is 13.1 Å². The second kappa shape index (κ2) is 7.89. The molecule has 1 saturated heterocycles. The van der Waals surface area contributed by atoms with Gasteiger partial charge in [0.25, 0.3) is 0 Å². The Bertz CT molecular complexity index is 778. The molecule has 1 aliphatic rings. The highest BCUT2D eigenvalue weighted by Crippen LogP contribution is 2.35. The summed E-state index contributed by atoms with van der Waals surface area (Å²) in [7, 11) is 0. The lowest BCUT2D eigenvalue weighted by molar-refractivity contribution is 0.129. The van der Waals surface area contributed by atoms with Gasteiger partial charge in [0.05, 0.1) is 6.17 Å². The van der Waals surface area contributed by atoms with Gasteiger partial charge in [-0.3, -0.25) is 9.80 Å². The van der Waals surface area contributed by atoms with Crippen molar-refractivity contribution in [2.45, 2.75) is 19.3 Å². The molecule has 134 valence electrons. The summed E-state index contributed by atoms with van der Waals surface area (Å²) in [5.74, 6) is -0.186. The molecule has 1 fully saturated rings. The topological polar surface area (TPSA) is 6.48 Å². The first-order chi connectivity index (χ1) is 12.7. The molecule has 0 bridgehead atoms. The van der Waals surface area contributed by atoms with Gasteiger partial charge in [0.1, 0.15) is 5.82 Å². The largest absolute Gasteiger partial charge is 0.278 e. The fraction of sp³-hybridized carbons (Fsp3) is 0.238. The third-order valence-electron chi connectivity index (χ3n) is 4.76. The minimum atomic E-state index is -0.186. The first-order valence-electron chi connectivity index (χ1n) is 8.69. The minimum absolute atomic E-state index is 0.186. The molecule has 1 atom stereocenters. The van der Waals surface area contributed by atoms with Crippen molar-refractivity contribution in [1.29, 1.82) is 0 Å². The number of hydrogen-bond acceptors (Lipinski definition) is 3. The number of rotatable bonds is 5. The molecule has 0 saturated carbocycles. The van der Waals surface area contributed by atoms with Crippen LogP contribution < -0.4 is 0 Å². The quantitative estimate of drug-likeness (QED) is 0.566. The van der Waals surface area contributed by atoms with Crippen molar-refractivity contribution in [3.05, 3.63) is 92.9 Å². The first kappa shape index (κ1) is 17.7. The third kappa shape index (κ3) is 3.99. The number of benzene rings is 2. The van der Waals surface area contributed by atoms with E-state index < -0.39 is 0 Å². The zero-order chi connectivity index (χ0) is 17.9. The summed E-state index contributed by atoms with van der Waals surface area (Å²) in [5, 5.41) is 2.90. The van der Waals surface area contributed by atoms with E-state index in [9.17, 15) is 4.39 Å². The summed E-state index contributed by atoms with van der Waals surface area (Å²) in [6, 6.07) is 19.2. The molecule has 0 radical (unpaired) electrons. The smallest absolute Gasteiger partial charge is 0.123 e. The van der Waals surface area contributed by atoms with E-state index in [0.717, 1.165) is 36.8 Å². The van der Waals surface area contributed by atoms with Crippen LogP contribution in [-0.4, -0.2) is 22.9 Å². The van der Waals surface area contributed by atoms with E-state index in [2.05, 4.69) is 39.4 Å². The van der Waals surface area contributed by atoms with Gasteiger partial charge < -0.3 is 0 Å². The van der Waals surface area contributed by atoms with Gasteiger partial charge in [-0.1, -0.05) is 41.9 Å². The van der Waals surface area contributed by atoms with Crippen LogP contribution in [0.1, 0.15) is 22.2 Å². The number of thiophene rings is 1. The summed E-state index contributed by atoms with van der Waals surface area (Å²) in [6.45, 7) is 3.71. The van der Waals surface area contributed by atoms with Crippen molar-refractivity contribution in [3.8, 4) is 0 Å². The molecule has 5 heteroatoms. The zero-order valence-corrected chi connectivity index (χ0v) is 15.9. The molecule has 0 amide bonds. The molecule has 2 aromatic carbocycles. The molecular weight excluding hydrogens is 367 g/mol. The average Bonchev–Trinajstić information content (AvgIpc) is 3.29. The van der Waals surface area contributed by atoms with Gasteiger partial charge in [-0.15, -0.1) is 11.3 Å². The summed E-state index contributed by atoms with van der Waals surface area (Å²) in [6.07, 6.45) is 0.246. The van der Waals surface area contributed by atoms with Crippen LogP contribution in [0.15, 0.2) is 66.0 Å². The van der Waals surface area contributed by atoms with E-state index in [0.29, 0.717) is 0 Å². The Hall–Kier alpha value is -1.72. The van der Waals surface area contributed by atoms with E-state index in [-0.39, 0.29) is 12.0 Å². The fourth-order valence-electron chi connectivity index (χ4n) is 3.51. The summed E-state index contributed by atoms with van der Waals surface area (Å²) >= 11 is 7.81. The lowest BCUT2D eigenvalue weighted by Crippen LogP contribution is -2.29. The van der Waals surface area contributed by atoms with E-state index in [4.69, 9.17) is 11.6 Å². The van der Waals surface area contributed by atoms with Gasteiger partial charge >= 0.3 is 0 Å². The van der Waals surface area contributed by atoms with Crippen LogP contribution in [0.5, 0.6) is 0 Å². The van der Waals surface area contributed by atoms with E-state index in [1.54, 1.807) is 11.3 Å². The summed E-state index contributed by atoms with van der Waals surface area (Å²) in [5.41, 5.74) is 2.40. The number of nitrogens with zero attached hydrogens (tertiary/aromatic N) is 2. The molecule has 1 aromatic heterocycles. The van der Waals surface area contributed by atoms with Crippen molar-refractivity contribution in [3.63, 3.8) is 0 Å². The summed E-state index contributed by atoms with van der Waals surface area (Å²) < 4.78 is 13.2. The van der Waals surface area contributed by atoms with Gasteiger partial charge in [-0.2, -0.15) is 0 Å². The maximum Gasteiger partial charge on any atom is 0.123 e. The maximum atomic E-state index is 13.2. The van der Waals surface area contributed by atoms with E-state index in [1.807, 2.05) is 24.3 Å². The molecular formula is C21H20ClFN2S. The highest BCUT2D eigenvalue weighted by molar-refractivity contribution is 7.10. The standard InChI is InChI=1S/C21H20ClFN2S/c22-18-7-3-16(4-8-18)14-24-11-12-25(21(24)20-2-1-13-26-20)15-17-5-9-19(23)10-6-17/h1-10,13,21H,11-12,14-15H2. The Morgan fingerprint density at radius 2 is 1.46 bits per heavy atom. The highest BCUT2D eigenvalue weighted by atomic mass is 35.5. The van der Waals surface area contributed by atoms with Crippen LogP contribution in [0.4, 0.5) is 4.39 Å². The minimum Gasteiger partial charge on any atom is -0.278 e. The van der Waals surface area contributed by atoms with Crippen LogP contribution >= 0.6 is 22.9 Å². The molecule has 2 heterocycles. The highest BCUT2D eigenvalue weighted by Gasteiger charge is 2.33. The first-order valence-corrected chi connectivity index (χ1v) is 9.95. The fourth-order valence-corrected chi connectivity index (χ4v) is 4.53. The molecule has 3 aromatic rings. The molecule has 1 aliphatic heterocycles. The van der Waals surface area contributed by atoms with Crippen LogP contribution in [0.3, 0.4) is 0 Å². The Kier molecular flexibility index (Phi) is 5.36. The predicted octanol–water partition coefficient (Wildman–Crippen LogP) is 5.56. The van der Waals surface area contributed by atoms with Crippen LogP contribution in [0.25, 0.3) is 0 Å². The maximum absolute atomic E-state index is 13.2. The van der Waals surface area contributed by atoms with Gasteiger partial charge in [0.15, 0.2) is 0 Å². The second-order valence-corrected chi connectivity index (χ2v) is 8.00. The molecule has 0 aliphatic carbocycles. The zero-order valence-electron chi connectivity index (χ0n) is 14.3. The third-order valence-corrected chi connectivity index (χ3v) is 5.93. The van der Waals surface area contributed by atoms with E-state index in [1.165, 1.54) is 22.6 Å². The van der Waals surface area contributed by atoms with Gasteiger partial charge in [-0.25, -0.2) is 4.39 Å². The predicted molar refractivity (Wildman–Crippen MR) is 106 cm³/mol. The Balaban J connectivity index is 1.55. The van der Waals surface area contributed by atoms with Crippen LogP contribution in [0.2, 0.25) is 5.02 Å². The van der Waals surface area contributed by atoms with Crippen molar-refractivity contribution >= 4 is 22.9 Å². The van der Waals surface area contributed by atoms with E-state index >= 15 is 0 Å². The van der Waals surface area contributed by atoms with Gasteiger partial charge in [0.2, 0.25) is 0 Å². The lowest BCUT2D eigenvalue weighted by atomic mass is 10.2. The Labute approximate surface area is 162 Å². The normalized spacial score (nSPS) is 18.5. The molecule has 0 spiro atoms. The van der Waals surface area contributed by atoms with Crippen molar-refractivity contribution in [2.24, 2.45) is 0 Å². The number of hydrogen-bond donors (Lipinski definition) is 0. The van der Waals surface area contributed by atoms with Crippen molar-refractivity contribution in [1.82, 2.24) is 9.80 Å².